The minimum atomic E-state index is -0.426. The van der Waals surface area contributed by atoms with Crippen LogP contribution in [0.25, 0.3) is 0 Å². The maximum atomic E-state index is 10.4. The van der Waals surface area contributed by atoms with E-state index in [0.717, 1.165) is 28.8 Å². The lowest BCUT2D eigenvalue weighted by atomic mass is 9.87. The lowest BCUT2D eigenvalue weighted by Crippen LogP contribution is -2.43. The quantitative estimate of drug-likeness (QED) is 0.799. The average molecular weight is 312 g/mol. The molecule has 0 aliphatic carbocycles. The highest BCUT2D eigenvalue weighted by atomic mass is 79.9. The van der Waals surface area contributed by atoms with Gasteiger partial charge in [-0.05, 0) is 32.2 Å². The molecular formula is C14H18BrNO2. The summed E-state index contributed by atoms with van der Waals surface area (Å²) in [6.45, 7) is 3.10. The Bertz CT molecular complexity index is 467. The molecule has 3 rings (SSSR count). The summed E-state index contributed by atoms with van der Waals surface area (Å²) in [4.78, 5) is 2.30. The first kappa shape index (κ1) is 12.5. The van der Waals surface area contributed by atoms with Crippen LogP contribution >= 0.6 is 15.9 Å². The summed E-state index contributed by atoms with van der Waals surface area (Å²) in [6.07, 6.45) is 1.24. The molecule has 1 N–H and O–H groups in total. The number of ether oxygens (including phenoxy) is 1. The first-order chi connectivity index (χ1) is 8.49. The van der Waals surface area contributed by atoms with E-state index in [0.29, 0.717) is 12.5 Å². The second-order valence-electron chi connectivity index (χ2n) is 5.66. The van der Waals surface area contributed by atoms with Crippen molar-refractivity contribution >= 4 is 15.9 Å². The Morgan fingerprint density at radius 3 is 2.89 bits per heavy atom. The van der Waals surface area contributed by atoms with Gasteiger partial charge in [0.25, 0.3) is 0 Å². The molecule has 4 heteroatoms. The van der Waals surface area contributed by atoms with Gasteiger partial charge in [0, 0.05) is 35.5 Å². The van der Waals surface area contributed by atoms with Gasteiger partial charge in [-0.1, -0.05) is 15.9 Å². The van der Waals surface area contributed by atoms with Crippen LogP contribution in [-0.4, -0.2) is 35.2 Å². The molecular weight excluding hydrogens is 294 g/mol. The first-order valence-corrected chi connectivity index (χ1v) is 7.15. The maximum Gasteiger partial charge on any atom is 0.126 e. The number of hydrogen-bond donors (Lipinski definition) is 1. The maximum absolute atomic E-state index is 10.4. The van der Waals surface area contributed by atoms with Crippen molar-refractivity contribution < 1.29 is 9.84 Å². The van der Waals surface area contributed by atoms with E-state index in [4.69, 9.17) is 4.74 Å². The SMILES string of the molecule is CC1CC2(C[C@H](O)c3cc(Br)ccc3O2)CN1C. The Morgan fingerprint density at radius 1 is 1.44 bits per heavy atom. The second kappa shape index (κ2) is 4.22. The normalized spacial score (nSPS) is 35.6. The Labute approximate surface area is 116 Å². The van der Waals surface area contributed by atoms with Crippen LogP contribution in [0, 0.1) is 0 Å². The lowest BCUT2D eigenvalue weighted by molar-refractivity contribution is -0.00612. The molecule has 0 radical (unpaired) electrons. The fraction of sp³-hybridized carbons (Fsp3) is 0.571. The number of rotatable bonds is 0. The Balaban J connectivity index is 1.95. The zero-order chi connectivity index (χ0) is 12.9. The number of halogens is 1. The third-order valence-electron chi connectivity index (χ3n) is 4.18. The van der Waals surface area contributed by atoms with Gasteiger partial charge in [0.05, 0.1) is 6.10 Å². The number of likely N-dealkylation sites (tertiary alicyclic amines) is 1. The van der Waals surface area contributed by atoms with Crippen LogP contribution in [0.15, 0.2) is 22.7 Å². The van der Waals surface area contributed by atoms with Gasteiger partial charge in [0.15, 0.2) is 0 Å². The molecule has 0 aromatic heterocycles. The van der Waals surface area contributed by atoms with Gasteiger partial charge < -0.3 is 9.84 Å². The number of hydrogen-bond acceptors (Lipinski definition) is 3. The van der Waals surface area contributed by atoms with E-state index >= 15 is 0 Å². The van der Waals surface area contributed by atoms with Gasteiger partial charge in [-0.2, -0.15) is 0 Å². The summed E-state index contributed by atoms with van der Waals surface area (Å²) in [6, 6.07) is 6.38. The zero-order valence-corrected chi connectivity index (χ0v) is 12.3. The highest BCUT2D eigenvalue weighted by molar-refractivity contribution is 9.10. The van der Waals surface area contributed by atoms with Crippen molar-refractivity contribution in [3.05, 3.63) is 28.2 Å². The van der Waals surface area contributed by atoms with Crippen molar-refractivity contribution in [2.24, 2.45) is 0 Å². The van der Waals surface area contributed by atoms with Crippen molar-refractivity contribution in [2.45, 2.75) is 37.5 Å². The molecule has 3 atom stereocenters. The van der Waals surface area contributed by atoms with E-state index in [1.54, 1.807) is 0 Å². The molecule has 3 nitrogen and oxygen atoms in total. The molecule has 98 valence electrons. The molecule has 1 saturated heterocycles. The Kier molecular flexibility index (Phi) is 2.92. The van der Waals surface area contributed by atoms with Crippen molar-refractivity contribution in [1.82, 2.24) is 4.90 Å². The van der Waals surface area contributed by atoms with E-state index in [9.17, 15) is 5.11 Å². The molecule has 2 unspecified atom stereocenters. The molecule has 2 aliphatic heterocycles. The van der Waals surface area contributed by atoms with E-state index in [1.807, 2.05) is 18.2 Å². The van der Waals surface area contributed by atoms with Crippen LogP contribution in [0.1, 0.15) is 31.4 Å². The van der Waals surface area contributed by atoms with Crippen LogP contribution in [0.5, 0.6) is 5.75 Å². The van der Waals surface area contributed by atoms with Crippen LogP contribution < -0.4 is 4.74 Å². The molecule has 18 heavy (non-hydrogen) atoms. The van der Waals surface area contributed by atoms with Crippen LogP contribution in [0.3, 0.4) is 0 Å². The van der Waals surface area contributed by atoms with Gasteiger partial charge in [-0.25, -0.2) is 0 Å². The number of likely N-dealkylation sites (N-methyl/N-ethyl adjacent to an activating group) is 1. The third kappa shape index (κ3) is 1.96. The summed E-state index contributed by atoms with van der Waals surface area (Å²) in [7, 11) is 2.12. The number of nitrogens with zero attached hydrogens (tertiary/aromatic N) is 1. The monoisotopic (exact) mass is 311 g/mol. The largest absolute Gasteiger partial charge is 0.485 e. The molecule has 2 heterocycles. The number of benzene rings is 1. The smallest absolute Gasteiger partial charge is 0.126 e. The minimum Gasteiger partial charge on any atom is -0.485 e. The molecule has 2 aliphatic rings. The predicted molar refractivity (Wildman–Crippen MR) is 73.8 cm³/mol. The number of fused-ring (bicyclic) bond motifs is 1. The van der Waals surface area contributed by atoms with Crippen LogP contribution in [0.4, 0.5) is 0 Å². The summed E-state index contributed by atoms with van der Waals surface area (Å²) in [5.41, 5.74) is 0.686. The first-order valence-electron chi connectivity index (χ1n) is 6.36. The van der Waals surface area contributed by atoms with Crippen molar-refractivity contribution in [2.75, 3.05) is 13.6 Å². The molecule has 1 aromatic carbocycles. The molecule has 1 fully saturated rings. The second-order valence-corrected chi connectivity index (χ2v) is 6.57. The summed E-state index contributed by atoms with van der Waals surface area (Å²) >= 11 is 3.44. The number of aliphatic hydroxyl groups is 1. The van der Waals surface area contributed by atoms with Crippen molar-refractivity contribution in [1.29, 1.82) is 0 Å². The highest BCUT2D eigenvalue weighted by Gasteiger charge is 2.47. The topological polar surface area (TPSA) is 32.7 Å². The Hall–Kier alpha value is -0.580. The minimum absolute atomic E-state index is 0.214. The van der Waals surface area contributed by atoms with Gasteiger partial charge in [0.1, 0.15) is 11.4 Å². The van der Waals surface area contributed by atoms with Crippen LogP contribution in [0.2, 0.25) is 0 Å². The van der Waals surface area contributed by atoms with Gasteiger partial charge >= 0.3 is 0 Å². The van der Waals surface area contributed by atoms with E-state index in [-0.39, 0.29) is 5.60 Å². The van der Waals surface area contributed by atoms with E-state index < -0.39 is 6.10 Å². The third-order valence-corrected chi connectivity index (χ3v) is 4.67. The molecule has 0 saturated carbocycles. The van der Waals surface area contributed by atoms with Crippen molar-refractivity contribution in [3.8, 4) is 5.75 Å². The fourth-order valence-electron chi connectivity index (χ4n) is 3.20. The molecule has 1 aromatic rings. The zero-order valence-electron chi connectivity index (χ0n) is 10.7. The van der Waals surface area contributed by atoms with Crippen molar-refractivity contribution in [3.63, 3.8) is 0 Å². The number of aliphatic hydroxyl groups excluding tert-OH is 1. The molecule has 0 amide bonds. The molecule has 1 spiro atoms. The fourth-order valence-corrected chi connectivity index (χ4v) is 3.58. The van der Waals surface area contributed by atoms with Gasteiger partial charge in [-0.3, -0.25) is 4.90 Å². The van der Waals surface area contributed by atoms with Crippen LogP contribution in [-0.2, 0) is 0 Å². The standard InChI is InChI=1S/C14H18BrNO2/c1-9-6-14(8-16(9)2)7-12(17)11-5-10(15)3-4-13(11)18-14/h3-5,9,12,17H,6-8H2,1-2H3/t9?,12-,14?/m0/s1. The summed E-state index contributed by atoms with van der Waals surface area (Å²) in [5, 5.41) is 10.4. The summed E-state index contributed by atoms with van der Waals surface area (Å²) in [5.74, 6) is 0.833. The summed E-state index contributed by atoms with van der Waals surface area (Å²) < 4.78 is 7.21. The van der Waals surface area contributed by atoms with Gasteiger partial charge in [-0.15, -0.1) is 0 Å². The lowest BCUT2D eigenvalue weighted by Gasteiger charge is -2.38. The van der Waals surface area contributed by atoms with E-state index in [2.05, 4.69) is 34.8 Å². The molecule has 0 bridgehead atoms. The highest BCUT2D eigenvalue weighted by Crippen LogP contribution is 2.45. The van der Waals surface area contributed by atoms with Gasteiger partial charge in [0.2, 0.25) is 0 Å². The van der Waals surface area contributed by atoms with E-state index in [1.165, 1.54) is 0 Å². The average Bonchev–Trinajstić information content (AvgIpc) is 2.55. The Morgan fingerprint density at radius 2 is 2.22 bits per heavy atom. The predicted octanol–water partition coefficient (Wildman–Crippen LogP) is 2.73.